The van der Waals surface area contributed by atoms with E-state index >= 15 is 0 Å². The van der Waals surface area contributed by atoms with Gasteiger partial charge in [0.25, 0.3) is 0 Å². The number of rotatable bonds is 9. The van der Waals surface area contributed by atoms with Gasteiger partial charge in [0.2, 0.25) is 0 Å². The number of hydrogen-bond donors (Lipinski definition) is 2. The normalized spacial score (nSPS) is 23.4. The summed E-state index contributed by atoms with van der Waals surface area (Å²) in [5.74, 6) is -0.694. The van der Waals surface area contributed by atoms with Crippen LogP contribution in [0.2, 0.25) is 0 Å². The Hall–Kier alpha value is -0.610. The largest absolute Gasteiger partial charge is 0.480 e. The molecule has 1 heterocycles. The number of nitrogens with one attached hydrogen (secondary N) is 1. The first-order valence-corrected chi connectivity index (χ1v) is 8.28. The Labute approximate surface area is 123 Å². The molecule has 0 spiro atoms. The summed E-state index contributed by atoms with van der Waals surface area (Å²) in [4.78, 5) is 14.1. The number of carboxylic acid groups (broad SMARTS) is 1. The quantitative estimate of drug-likeness (QED) is 0.683. The number of carboxylic acids is 1. The molecule has 4 heteroatoms. The van der Waals surface area contributed by atoms with Crippen LogP contribution in [0.4, 0.5) is 0 Å². The van der Waals surface area contributed by atoms with Crippen LogP contribution in [-0.2, 0) is 4.79 Å². The Balaban J connectivity index is 2.46. The van der Waals surface area contributed by atoms with Gasteiger partial charge in [0.05, 0.1) is 0 Å². The molecule has 1 saturated heterocycles. The Kier molecular flexibility index (Phi) is 7.52. The maximum absolute atomic E-state index is 11.6. The van der Waals surface area contributed by atoms with Gasteiger partial charge in [-0.1, -0.05) is 20.3 Å². The molecule has 1 aliphatic heterocycles. The molecule has 1 fully saturated rings. The molecule has 118 valence electrons. The van der Waals surface area contributed by atoms with Crippen LogP contribution >= 0.6 is 0 Å². The first-order valence-electron chi connectivity index (χ1n) is 8.28. The fourth-order valence-electron chi connectivity index (χ4n) is 3.16. The van der Waals surface area contributed by atoms with Gasteiger partial charge in [0, 0.05) is 6.04 Å². The van der Waals surface area contributed by atoms with Crippen molar-refractivity contribution in [1.82, 2.24) is 10.2 Å². The molecule has 1 rings (SSSR count). The Morgan fingerprint density at radius 2 is 2.15 bits per heavy atom. The summed E-state index contributed by atoms with van der Waals surface area (Å²) in [6.07, 6.45) is 7.21. The van der Waals surface area contributed by atoms with Gasteiger partial charge in [-0.15, -0.1) is 0 Å². The molecular formula is C16H32N2O2. The number of carbonyl (C=O) groups is 1. The van der Waals surface area contributed by atoms with E-state index in [0.29, 0.717) is 12.5 Å². The van der Waals surface area contributed by atoms with Crippen LogP contribution in [0.5, 0.6) is 0 Å². The Morgan fingerprint density at radius 1 is 1.40 bits per heavy atom. The third-order valence-corrected chi connectivity index (χ3v) is 4.72. The molecule has 20 heavy (non-hydrogen) atoms. The van der Waals surface area contributed by atoms with Crippen molar-refractivity contribution < 1.29 is 9.90 Å². The van der Waals surface area contributed by atoms with Crippen LogP contribution in [0.25, 0.3) is 0 Å². The van der Waals surface area contributed by atoms with Gasteiger partial charge in [0.1, 0.15) is 5.54 Å². The van der Waals surface area contributed by atoms with Crippen molar-refractivity contribution in [2.45, 2.75) is 77.3 Å². The van der Waals surface area contributed by atoms with Crippen molar-refractivity contribution in [3.8, 4) is 0 Å². The molecule has 2 unspecified atom stereocenters. The van der Waals surface area contributed by atoms with Crippen LogP contribution in [0, 0.1) is 0 Å². The monoisotopic (exact) mass is 284 g/mol. The van der Waals surface area contributed by atoms with Crippen molar-refractivity contribution in [3.05, 3.63) is 0 Å². The molecule has 0 aromatic heterocycles. The highest BCUT2D eigenvalue weighted by Crippen LogP contribution is 2.21. The van der Waals surface area contributed by atoms with E-state index in [1.165, 1.54) is 25.8 Å². The van der Waals surface area contributed by atoms with E-state index < -0.39 is 11.5 Å². The van der Waals surface area contributed by atoms with Crippen LogP contribution in [-0.4, -0.2) is 47.2 Å². The molecule has 0 aromatic rings. The van der Waals surface area contributed by atoms with Gasteiger partial charge in [-0.2, -0.15) is 0 Å². The van der Waals surface area contributed by atoms with Crippen molar-refractivity contribution >= 4 is 5.97 Å². The number of likely N-dealkylation sites (tertiary alicyclic amines) is 1. The zero-order chi connectivity index (χ0) is 15.0. The van der Waals surface area contributed by atoms with Gasteiger partial charge >= 0.3 is 5.97 Å². The highest BCUT2D eigenvalue weighted by atomic mass is 16.4. The SMILES string of the molecule is CCCNC(CC)(CCCN1CCCCC1C)C(=O)O. The van der Waals surface area contributed by atoms with E-state index in [1.54, 1.807) is 0 Å². The number of aliphatic carboxylic acids is 1. The third kappa shape index (κ3) is 4.74. The summed E-state index contributed by atoms with van der Waals surface area (Å²) in [7, 11) is 0. The molecule has 0 aliphatic carbocycles. The average molecular weight is 284 g/mol. The van der Waals surface area contributed by atoms with Gasteiger partial charge in [-0.25, -0.2) is 0 Å². The van der Waals surface area contributed by atoms with Gasteiger partial charge < -0.3 is 15.3 Å². The topological polar surface area (TPSA) is 52.6 Å². The minimum Gasteiger partial charge on any atom is -0.480 e. The van der Waals surface area contributed by atoms with E-state index in [-0.39, 0.29) is 0 Å². The minimum atomic E-state index is -0.727. The van der Waals surface area contributed by atoms with Crippen LogP contribution in [0.1, 0.15) is 65.7 Å². The predicted octanol–water partition coefficient (Wildman–Crippen LogP) is 2.87. The summed E-state index contributed by atoms with van der Waals surface area (Å²) in [5.41, 5.74) is -0.727. The molecule has 2 N–H and O–H groups in total. The molecule has 4 nitrogen and oxygen atoms in total. The second-order valence-corrected chi connectivity index (χ2v) is 6.15. The minimum absolute atomic E-state index is 0.651. The lowest BCUT2D eigenvalue weighted by Gasteiger charge is -2.35. The third-order valence-electron chi connectivity index (χ3n) is 4.72. The molecule has 0 radical (unpaired) electrons. The first-order chi connectivity index (χ1) is 9.55. The molecule has 1 aliphatic rings. The fourth-order valence-corrected chi connectivity index (χ4v) is 3.16. The Morgan fingerprint density at radius 3 is 2.70 bits per heavy atom. The summed E-state index contributed by atoms with van der Waals surface area (Å²) >= 11 is 0. The van der Waals surface area contributed by atoms with Crippen LogP contribution in [0.3, 0.4) is 0 Å². The lowest BCUT2D eigenvalue weighted by atomic mass is 9.89. The van der Waals surface area contributed by atoms with E-state index in [1.807, 2.05) is 6.92 Å². The second kappa shape index (κ2) is 8.63. The van der Waals surface area contributed by atoms with Crippen LogP contribution < -0.4 is 5.32 Å². The van der Waals surface area contributed by atoms with Gasteiger partial charge in [0.15, 0.2) is 0 Å². The molecule has 0 aromatic carbocycles. The van der Waals surface area contributed by atoms with E-state index in [2.05, 4.69) is 24.1 Å². The summed E-state index contributed by atoms with van der Waals surface area (Å²) < 4.78 is 0. The molecule has 2 atom stereocenters. The van der Waals surface area contributed by atoms with Crippen molar-refractivity contribution in [1.29, 1.82) is 0 Å². The zero-order valence-electron chi connectivity index (χ0n) is 13.5. The maximum atomic E-state index is 11.6. The fraction of sp³-hybridized carbons (Fsp3) is 0.938. The molecule has 0 amide bonds. The van der Waals surface area contributed by atoms with Crippen molar-refractivity contribution in [2.75, 3.05) is 19.6 Å². The number of piperidine rings is 1. The van der Waals surface area contributed by atoms with Crippen molar-refractivity contribution in [2.24, 2.45) is 0 Å². The highest BCUT2D eigenvalue weighted by Gasteiger charge is 2.35. The maximum Gasteiger partial charge on any atom is 0.323 e. The molecule has 0 bridgehead atoms. The lowest BCUT2D eigenvalue weighted by Crippen LogP contribution is -2.52. The summed E-state index contributed by atoms with van der Waals surface area (Å²) in [6.45, 7) is 9.32. The van der Waals surface area contributed by atoms with E-state index in [9.17, 15) is 9.90 Å². The molecule has 0 saturated carbocycles. The lowest BCUT2D eigenvalue weighted by molar-refractivity contribution is -0.145. The standard InChI is InChI=1S/C16H32N2O2/c1-4-11-17-16(5-2,15(19)20)10-8-13-18-12-7-6-9-14(18)3/h14,17H,4-13H2,1-3H3,(H,19,20). The predicted molar refractivity (Wildman–Crippen MR) is 83.1 cm³/mol. The summed E-state index contributed by atoms with van der Waals surface area (Å²) in [6, 6.07) is 0.660. The highest BCUT2D eigenvalue weighted by molar-refractivity contribution is 5.78. The van der Waals surface area contributed by atoms with E-state index in [0.717, 1.165) is 32.4 Å². The molecular weight excluding hydrogens is 252 g/mol. The van der Waals surface area contributed by atoms with Crippen molar-refractivity contribution in [3.63, 3.8) is 0 Å². The van der Waals surface area contributed by atoms with Gasteiger partial charge in [-0.05, 0) is 65.1 Å². The number of nitrogens with zero attached hydrogens (tertiary/aromatic N) is 1. The Bertz CT molecular complexity index is 296. The van der Waals surface area contributed by atoms with E-state index in [4.69, 9.17) is 0 Å². The smallest absolute Gasteiger partial charge is 0.323 e. The summed E-state index contributed by atoms with van der Waals surface area (Å²) in [5, 5.41) is 12.8. The number of hydrogen-bond acceptors (Lipinski definition) is 3. The van der Waals surface area contributed by atoms with Crippen LogP contribution in [0.15, 0.2) is 0 Å². The second-order valence-electron chi connectivity index (χ2n) is 6.15. The average Bonchev–Trinajstić information content (AvgIpc) is 2.44. The first kappa shape index (κ1) is 17.4. The van der Waals surface area contributed by atoms with Gasteiger partial charge in [-0.3, -0.25) is 4.79 Å². The zero-order valence-corrected chi connectivity index (χ0v) is 13.5.